The highest BCUT2D eigenvalue weighted by Crippen LogP contribution is 2.31. The van der Waals surface area contributed by atoms with Gasteiger partial charge in [-0.05, 0) is 17.7 Å². The normalized spacial score (nSPS) is 16.6. The van der Waals surface area contributed by atoms with Gasteiger partial charge in [0.15, 0.2) is 18.0 Å². The second kappa shape index (κ2) is 7.60. The van der Waals surface area contributed by atoms with Crippen molar-refractivity contribution in [2.75, 3.05) is 32.6 Å². The average molecular weight is 374 g/mol. The summed E-state index contributed by atoms with van der Waals surface area (Å²) in [6.07, 6.45) is 0.898. The average Bonchev–Trinajstić information content (AvgIpc) is 3.09. The zero-order valence-electron chi connectivity index (χ0n) is 16.6. The first kappa shape index (κ1) is 19.2. The minimum absolute atomic E-state index is 0.0782. The monoisotopic (exact) mass is 374 g/mol. The van der Waals surface area contributed by atoms with Gasteiger partial charge in [0.1, 0.15) is 6.54 Å². The molecule has 2 aromatic rings. The lowest BCUT2D eigenvalue weighted by atomic mass is 9.92. The van der Waals surface area contributed by atoms with E-state index in [1.165, 1.54) is 16.0 Å². The Hall–Kier alpha value is -2.54. The standard InChI is InChI=1S/C20H27N3O4/c1-20(2,3)17-10-19(27-22-17)21-18(24)12-23-7-6-13-8-15(25-4)16(26-5)9-14(13)11-23/h8-10H,6-7,11-12H2,1-5H3,(H,21,24)/p+1. The Morgan fingerprint density at radius 3 is 2.44 bits per heavy atom. The van der Waals surface area contributed by atoms with Gasteiger partial charge in [-0.3, -0.25) is 10.1 Å². The lowest BCUT2D eigenvalue weighted by Gasteiger charge is -2.26. The lowest BCUT2D eigenvalue weighted by molar-refractivity contribution is -0.907. The molecule has 1 amide bonds. The van der Waals surface area contributed by atoms with Crippen LogP contribution in [0, 0.1) is 0 Å². The Kier molecular flexibility index (Phi) is 5.41. The van der Waals surface area contributed by atoms with Crippen LogP contribution < -0.4 is 19.7 Å². The van der Waals surface area contributed by atoms with E-state index in [1.54, 1.807) is 20.3 Å². The molecule has 1 aromatic heterocycles. The number of carbonyl (C=O) groups excluding carboxylic acids is 1. The van der Waals surface area contributed by atoms with Gasteiger partial charge in [0, 0.05) is 23.5 Å². The van der Waals surface area contributed by atoms with Crippen LogP contribution in [-0.2, 0) is 23.2 Å². The number of fused-ring (bicyclic) bond motifs is 1. The van der Waals surface area contributed by atoms with Crippen LogP contribution in [0.15, 0.2) is 22.7 Å². The maximum Gasteiger partial charge on any atom is 0.281 e. The zero-order chi connectivity index (χ0) is 19.6. The molecule has 0 saturated heterocycles. The third-order valence-corrected chi connectivity index (χ3v) is 4.85. The minimum Gasteiger partial charge on any atom is -0.493 e. The third-order valence-electron chi connectivity index (χ3n) is 4.85. The van der Waals surface area contributed by atoms with E-state index < -0.39 is 0 Å². The van der Waals surface area contributed by atoms with Crippen LogP contribution in [0.2, 0.25) is 0 Å². The van der Waals surface area contributed by atoms with Crippen LogP contribution >= 0.6 is 0 Å². The number of hydrogen-bond acceptors (Lipinski definition) is 5. The molecule has 1 unspecified atom stereocenters. The van der Waals surface area contributed by atoms with Gasteiger partial charge in [0.05, 0.1) is 26.5 Å². The van der Waals surface area contributed by atoms with E-state index in [-0.39, 0.29) is 11.3 Å². The number of ether oxygens (including phenoxy) is 2. The first-order valence-electron chi connectivity index (χ1n) is 9.14. The Balaban J connectivity index is 1.62. The van der Waals surface area contributed by atoms with Crippen LogP contribution in [0.25, 0.3) is 0 Å². The predicted molar refractivity (Wildman–Crippen MR) is 101 cm³/mol. The van der Waals surface area contributed by atoms with Gasteiger partial charge in [-0.1, -0.05) is 25.9 Å². The maximum atomic E-state index is 12.4. The topological polar surface area (TPSA) is 78.0 Å². The molecule has 3 rings (SSSR count). The van der Waals surface area contributed by atoms with Crippen LogP contribution in [0.4, 0.5) is 5.88 Å². The van der Waals surface area contributed by atoms with E-state index >= 15 is 0 Å². The molecule has 1 atom stereocenters. The molecule has 1 aliphatic rings. The van der Waals surface area contributed by atoms with Crippen molar-refractivity contribution in [3.05, 3.63) is 35.0 Å². The quantitative estimate of drug-likeness (QED) is 0.831. The highest BCUT2D eigenvalue weighted by Gasteiger charge is 2.25. The molecule has 146 valence electrons. The van der Waals surface area contributed by atoms with Crippen molar-refractivity contribution >= 4 is 11.8 Å². The fourth-order valence-electron chi connectivity index (χ4n) is 3.28. The van der Waals surface area contributed by atoms with Crippen LogP contribution in [-0.4, -0.2) is 38.4 Å². The molecule has 0 fully saturated rings. The molecule has 27 heavy (non-hydrogen) atoms. The van der Waals surface area contributed by atoms with Gasteiger partial charge in [0.25, 0.3) is 5.91 Å². The van der Waals surface area contributed by atoms with Crippen molar-refractivity contribution in [3.8, 4) is 11.5 Å². The van der Waals surface area contributed by atoms with Crippen molar-refractivity contribution in [3.63, 3.8) is 0 Å². The van der Waals surface area contributed by atoms with Gasteiger partial charge in [-0.25, -0.2) is 0 Å². The summed E-state index contributed by atoms with van der Waals surface area (Å²) in [5, 5.41) is 6.84. The summed E-state index contributed by atoms with van der Waals surface area (Å²) in [6.45, 7) is 8.19. The number of hydrogen-bond donors (Lipinski definition) is 2. The fourth-order valence-corrected chi connectivity index (χ4v) is 3.28. The fraction of sp³-hybridized carbons (Fsp3) is 0.500. The van der Waals surface area contributed by atoms with Crippen LogP contribution in [0.1, 0.15) is 37.6 Å². The van der Waals surface area contributed by atoms with Gasteiger partial charge in [0.2, 0.25) is 5.88 Å². The van der Waals surface area contributed by atoms with Crippen molar-refractivity contribution in [1.82, 2.24) is 5.16 Å². The molecule has 7 nitrogen and oxygen atoms in total. The molecule has 7 heteroatoms. The van der Waals surface area contributed by atoms with Crippen molar-refractivity contribution < 1.29 is 23.7 Å². The van der Waals surface area contributed by atoms with Crippen molar-refractivity contribution in [2.45, 2.75) is 39.2 Å². The largest absolute Gasteiger partial charge is 0.493 e. The molecule has 1 aliphatic heterocycles. The molecule has 0 bridgehead atoms. The van der Waals surface area contributed by atoms with E-state index in [1.807, 2.05) is 12.1 Å². The summed E-state index contributed by atoms with van der Waals surface area (Å²) in [7, 11) is 3.28. The number of methoxy groups -OCH3 is 2. The third kappa shape index (κ3) is 4.42. The number of quaternary nitrogens is 1. The first-order valence-corrected chi connectivity index (χ1v) is 9.14. The molecule has 1 aromatic carbocycles. The first-order chi connectivity index (χ1) is 12.8. The Labute approximate surface area is 159 Å². The van der Waals surface area contributed by atoms with Gasteiger partial charge in [-0.15, -0.1) is 0 Å². The van der Waals surface area contributed by atoms with E-state index in [0.717, 1.165) is 36.7 Å². The number of nitrogens with one attached hydrogen (secondary N) is 2. The highest BCUT2D eigenvalue weighted by molar-refractivity contribution is 5.90. The molecule has 0 radical (unpaired) electrons. The van der Waals surface area contributed by atoms with E-state index in [0.29, 0.717) is 12.4 Å². The molecular formula is C20H28N3O4+. The van der Waals surface area contributed by atoms with E-state index in [4.69, 9.17) is 14.0 Å². The highest BCUT2D eigenvalue weighted by atomic mass is 16.5. The Morgan fingerprint density at radius 2 is 1.85 bits per heavy atom. The zero-order valence-corrected chi connectivity index (χ0v) is 16.6. The minimum atomic E-state index is -0.117. The van der Waals surface area contributed by atoms with Gasteiger partial charge < -0.3 is 18.9 Å². The number of rotatable bonds is 5. The predicted octanol–water partition coefficient (Wildman–Crippen LogP) is 1.57. The van der Waals surface area contributed by atoms with Crippen molar-refractivity contribution in [2.24, 2.45) is 0 Å². The number of amides is 1. The second-order valence-electron chi connectivity index (χ2n) is 7.95. The Morgan fingerprint density at radius 1 is 1.19 bits per heavy atom. The Bertz CT molecular complexity index is 823. The molecule has 2 N–H and O–H groups in total. The number of anilines is 1. The summed E-state index contributed by atoms with van der Waals surface area (Å²) < 4.78 is 16.0. The SMILES string of the molecule is COc1cc2c(cc1OC)C[NH+](CC(=O)Nc1cc(C(C)(C)C)no1)CC2. The molecule has 0 aliphatic carbocycles. The molecular weight excluding hydrogens is 346 g/mol. The van der Waals surface area contributed by atoms with Crippen molar-refractivity contribution in [1.29, 1.82) is 0 Å². The number of benzene rings is 1. The smallest absolute Gasteiger partial charge is 0.281 e. The molecule has 0 saturated carbocycles. The number of aromatic nitrogens is 1. The lowest BCUT2D eigenvalue weighted by Crippen LogP contribution is -3.12. The summed E-state index contributed by atoms with van der Waals surface area (Å²) in [5.41, 5.74) is 3.14. The van der Waals surface area contributed by atoms with E-state index in [2.05, 4.69) is 31.2 Å². The summed E-state index contributed by atoms with van der Waals surface area (Å²) in [6, 6.07) is 5.83. The summed E-state index contributed by atoms with van der Waals surface area (Å²) in [4.78, 5) is 13.6. The van der Waals surface area contributed by atoms with E-state index in [9.17, 15) is 4.79 Å². The van der Waals surface area contributed by atoms with Gasteiger partial charge in [-0.2, -0.15) is 0 Å². The molecule has 2 heterocycles. The summed E-state index contributed by atoms with van der Waals surface area (Å²) in [5.74, 6) is 1.79. The number of carbonyl (C=O) groups is 1. The van der Waals surface area contributed by atoms with Crippen LogP contribution in [0.5, 0.6) is 11.5 Å². The van der Waals surface area contributed by atoms with Gasteiger partial charge >= 0.3 is 0 Å². The second-order valence-corrected chi connectivity index (χ2v) is 7.95. The number of nitrogens with zero attached hydrogens (tertiary/aromatic N) is 1. The molecule has 0 spiro atoms. The summed E-state index contributed by atoms with van der Waals surface area (Å²) >= 11 is 0. The van der Waals surface area contributed by atoms with Crippen LogP contribution in [0.3, 0.4) is 0 Å². The maximum absolute atomic E-state index is 12.4.